The Bertz CT molecular complexity index is 347. The average molecular weight is 254 g/mol. The number of aliphatic hydroxyl groups is 1. The second-order valence-corrected chi connectivity index (χ2v) is 4.01. The van der Waals surface area contributed by atoms with E-state index in [1.807, 2.05) is 0 Å². The van der Waals surface area contributed by atoms with E-state index in [2.05, 4.69) is 22.2 Å². The van der Waals surface area contributed by atoms with Gasteiger partial charge < -0.3 is 20.9 Å². The number of ether oxygens (including phenoxy) is 1. The number of unbranched alkanes of at least 4 members (excludes halogenated alkanes) is 2. The molecule has 0 saturated carbocycles. The highest BCUT2D eigenvalue weighted by molar-refractivity contribution is 5.42. The summed E-state index contributed by atoms with van der Waals surface area (Å²) in [5.41, 5.74) is 5.61. The molecule has 0 fully saturated rings. The molecule has 0 unspecified atom stereocenters. The highest BCUT2D eigenvalue weighted by Crippen LogP contribution is 2.15. The van der Waals surface area contributed by atoms with Crippen molar-refractivity contribution in [2.75, 3.05) is 30.8 Å². The van der Waals surface area contributed by atoms with Gasteiger partial charge in [0.25, 0.3) is 0 Å². The summed E-state index contributed by atoms with van der Waals surface area (Å²) in [5, 5.41) is 11.8. The van der Waals surface area contributed by atoms with Crippen LogP contribution in [0, 0.1) is 0 Å². The summed E-state index contributed by atoms with van der Waals surface area (Å²) in [7, 11) is 0. The molecule has 0 amide bonds. The fourth-order valence-corrected chi connectivity index (χ4v) is 1.43. The van der Waals surface area contributed by atoms with Crippen molar-refractivity contribution in [1.29, 1.82) is 0 Å². The Hall–Kier alpha value is -1.56. The Kier molecular flexibility index (Phi) is 6.86. The first-order chi connectivity index (χ1) is 8.76. The standard InChI is InChI=1S/C12H22N4O2/c1-2-6-14-10-9-11(16-12(13)15-10)18-8-5-3-4-7-17/h9,17H,2-8H2,1H3,(H3,13,14,15,16). The maximum absolute atomic E-state index is 8.65. The molecular weight excluding hydrogens is 232 g/mol. The van der Waals surface area contributed by atoms with Gasteiger partial charge in [-0.05, 0) is 25.7 Å². The largest absolute Gasteiger partial charge is 0.477 e. The van der Waals surface area contributed by atoms with Crippen LogP contribution in [0.4, 0.5) is 11.8 Å². The van der Waals surface area contributed by atoms with Crippen LogP contribution in [0.25, 0.3) is 0 Å². The number of rotatable bonds is 9. The lowest BCUT2D eigenvalue weighted by molar-refractivity contribution is 0.262. The van der Waals surface area contributed by atoms with E-state index in [1.165, 1.54) is 0 Å². The lowest BCUT2D eigenvalue weighted by atomic mass is 10.2. The fraction of sp³-hybridized carbons (Fsp3) is 0.667. The minimum Gasteiger partial charge on any atom is -0.477 e. The molecule has 0 spiro atoms. The van der Waals surface area contributed by atoms with E-state index < -0.39 is 0 Å². The van der Waals surface area contributed by atoms with E-state index in [-0.39, 0.29) is 12.6 Å². The first-order valence-electron chi connectivity index (χ1n) is 6.38. The summed E-state index contributed by atoms with van der Waals surface area (Å²) in [6.07, 6.45) is 3.65. The summed E-state index contributed by atoms with van der Waals surface area (Å²) in [6, 6.07) is 1.75. The molecule has 0 aliphatic carbocycles. The molecule has 0 bridgehead atoms. The number of nitrogens with zero attached hydrogens (tertiary/aromatic N) is 2. The monoisotopic (exact) mass is 254 g/mol. The quantitative estimate of drug-likeness (QED) is 0.577. The number of hydrogen-bond donors (Lipinski definition) is 3. The number of aromatic nitrogens is 2. The fourth-order valence-electron chi connectivity index (χ4n) is 1.43. The molecule has 1 heterocycles. The van der Waals surface area contributed by atoms with Crippen molar-refractivity contribution in [2.45, 2.75) is 32.6 Å². The Labute approximate surface area is 108 Å². The summed E-state index contributed by atoms with van der Waals surface area (Å²) < 4.78 is 5.50. The summed E-state index contributed by atoms with van der Waals surface area (Å²) in [5.74, 6) is 1.39. The van der Waals surface area contributed by atoms with Crippen molar-refractivity contribution in [2.24, 2.45) is 0 Å². The molecule has 6 nitrogen and oxygen atoms in total. The van der Waals surface area contributed by atoms with E-state index >= 15 is 0 Å². The van der Waals surface area contributed by atoms with E-state index in [1.54, 1.807) is 6.07 Å². The Morgan fingerprint density at radius 1 is 1.33 bits per heavy atom. The van der Waals surface area contributed by atoms with E-state index in [0.29, 0.717) is 18.3 Å². The second-order valence-electron chi connectivity index (χ2n) is 4.01. The van der Waals surface area contributed by atoms with Gasteiger partial charge in [-0.25, -0.2) is 0 Å². The molecule has 0 atom stereocenters. The number of nitrogens with one attached hydrogen (secondary N) is 1. The smallest absolute Gasteiger partial charge is 0.225 e. The zero-order valence-electron chi connectivity index (χ0n) is 10.9. The molecule has 4 N–H and O–H groups in total. The van der Waals surface area contributed by atoms with Gasteiger partial charge in [-0.15, -0.1) is 0 Å². The molecule has 18 heavy (non-hydrogen) atoms. The van der Waals surface area contributed by atoms with Crippen LogP contribution >= 0.6 is 0 Å². The van der Waals surface area contributed by atoms with E-state index in [9.17, 15) is 0 Å². The van der Waals surface area contributed by atoms with Crippen molar-refractivity contribution in [3.63, 3.8) is 0 Å². The van der Waals surface area contributed by atoms with Crippen molar-refractivity contribution < 1.29 is 9.84 Å². The normalized spacial score (nSPS) is 10.3. The van der Waals surface area contributed by atoms with Crippen molar-refractivity contribution in [1.82, 2.24) is 9.97 Å². The molecule has 1 aromatic heterocycles. The van der Waals surface area contributed by atoms with Gasteiger partial charge in [-0.1, -0.05) is 6.92 Å². The molecule has 0 aliphatic heterocycles. The lowest BCUT2D eigenvalue weighted by Gasteiger charge is -2.08. The van der Waals surface area contributed by atoms with Crippen LogP contribution in [-0.2, 0) is 0 Å². The van der Waals surface area contributed by atoms with E-state index in [4.69, 9.17) is 15.6 Å². The van der Waals surface area contributed by atoms with Gasteiger partial charge in [0.05, 0.1) is 6.61 Å². The van der Waals surface area contributed by atoms with Crippen LogP contribution in [-0.4, -0.2) is 34.8 Å². The number of nitrogens with two attached hydrogens (primary N) is 1. The number of anilines is 2. The predicted molar refractivity (Wildman–Crippen MR) is 71.7 cm³/mol. The number of nitrogen functional groups attached to an aromatic ring is 1. The van der Waals surface area contributed by atoms with Gasteiger partial charge in [-0.2, -0.15) is 9.97 Å². The predicted octanol–water partition coefficient (Wildman–Crippen LogP) is 1.42. The topological polar surface area (TPSA) is 93.3 Å². The van der Waals surface area contributed by atoms with Gasteiger partial charge >= 0.3 is 0 Å². The minimum absolute atomic E-state index is 0.210. The minimum atomic E-state index is 0.210. The molecule has 0 radical (unpaired) electrons. The van der Waals surface area contributed by atoms with Crippen molar-refractivity contribution in [3.8, 4) is 5.88 Å². The van der Waals surface area contributed by atoms with Crippen LogP contribution in [0.15, 0.2) is 6.07 Å². The summed E-state index contributed by atoms with van der Waals surface area (Å²) >= 11 is 0. The van der Waals surface area contributed by atoms with Gasteiger partial charge in [0.15, 0.2) is 0 Å². The third kappa shape index (κ3) is 5.67. The average Bonchev–Trinajstić information content (AvgIpc) is 2.35. The van der Waals surface area contributed by atoms with E-state index in [0.717, 1.165) is 32.2 Å². The third-order valence-corrected chi connectivity index (χ3v) is 2.33. The first kappa shape index (κ1) is 14.5. The highest BCUT2D eigenvalue weighted by Gasteiger charge is 2.02. The molecule has 0 aromatic carbocycles. The van der Waals surface area contributed by atoms with Gasteiger partial charge in [0.2, 0.25) is 11.8 Å². The first-order valence-corrected chi connectivity index (χ1v) is 6.38. The highest BCUT2D eigenvalue weighted by atomic mass is 16.5. The van der Waals surface area contributed by atoms with Gasteiger partial charge in [-0.3, -0.25) is 0 Å². The molecule has 1 rings (SSSR count). The number of aliphatic hydroxyl groups excluding tert-OH is 1. The maximum atomic E-state index is 8.65. The lowest BCUT2D eigenvalue weighted by Crippen LogP contribution is -2.07. The zero-order valence-corrected chi connectivity index (χ0v) is 10.9. The van der Waals surface area contributed by atoms with Crippen LogP contribution in [0.5, 0.6) is 5.88 Å². The van der Waals surface area contributed by atoms with Crippen LogP contribution in [0.3, 0.4) is 0 Å². The maximum Gasteiger partial charge on any atom is 0.225 e. The zero-order chi connectivity index (χ0) is 13.2. The Morgan fingerprint density at radius 2 is 2.17 bits per heavy atom. The summed E-state index contributed by atoms with van der Waals surface area (Å²) in [6.45, 7) is 3.72. The SMILES string of the molecule is CCCNc1cc(OCCCCCO)nc(N)n1. The van der Waals surface area contributed by atoms with Gasteiger partial charge in [0.1, 0.15) is 5.82 Å². The Balaban J connectivity index is 2.41. The molecule has 102 valence electrons. The van der Waals surface area contributed by atoms with Gasteiger partial charge in [0, 0.05) is 19.2 Å². The Morgan fingerprint density at radius 3 is 2.89 bits per heavy atom. The van der Waals surface area contributed by atoms with Crippen LogP contribution in [0.1, 0.15) is 32.6 Å². The van der Waals surface area contributed by atoms with Crippen molar-refractivity contribution in [3.05, 3.63) is 6.07 Å². The van der Waals surface area contributed by atoms with Crippen LogP contribution < -0.4 is 15.8 Å². The second kappa shape index (κ2) is 8.52. The molecule has 0 aliphatic rings. The number of hydrogen-bond acceptors (Lipinski definition) is 6. The molecular formula is C12H22N4O2. The molecule has 6 heteroatoms. The molecule has 0 saturated heterocycles. The summed E-state index contributed by atoms with van der Waals surface area (Å²) in [4.78, 5) is 8.09. The van der Waals surface area contributed by atoms with Crippen molar-refractivity contribution >= 4 is 11.8 Å². The third-order valence-electron chi connectivity index (χ3n) is 2.33. The van der Waals surface area contributed by atoms with Crippen LogP contribution in [0.2, 0.25) is 0 Å². The molecule has 1 aromatic rings.